The summed E-state index contributed by atoms with van der Waals surface area (Å²) >= 11 is 0. The molecule has 8 heteroatoms. The van der Waals surface area contributed by atoms with E-state index in [0.29, 0.717) is 6.54 Å². The summed E-state index contributed by atoms with van der Waals surface area (Å²) in [5.41, 5.74) is 3.22. The van der Waals surface area contributed by atoms with Gasteiger partial charge in [-0.2, -0.15) is 0 Å². The van der Waals surface area contributed by atoms with Gasteiger partial charge < -0.3 is 19.4 Å². The smallest absolute Gasteiger partial charge is 0.310 e. The highest BCUT2D eigenvalue weighted by molar-refractivity contribution is 14.0. The fourth-order valence-corrected chi connectivity index (χ4v) is 3.56. The number of aryl methyl sites for hydroxylation is 1. The number of carbonyl (C=O) groups excluding carboxylic acids is 1. The summed E-state index contributed by atoms with van der Waals surface area (Å²) in [6, 6.07) is 4.10. The zero-order valence-electron chi connectivity index (χ0n) is 16.3. The molecule has 0 radical (unpaired) electrons. The van der Waals surface area contributed by atoms with Crippen molar-refractivity contribution in [3.05, 3.63) is 35.8 Å². The van der Waals surface area contributed by atoms with Crippen molar-refractivity contribution >= 4 is 41.6 Å². The van der Waals surface area contributed by atoms with E-state index in [1.54, 1.807) is 7.05 Å². The van der Waals surface area contributed by atoms with E-state index in [1.165, 1.54) is 12.7 Å². The Morgan fingerprint density at radius 1 is 1.44 bits per heavy atom. The van der Waals surface area contributed by atoms with Crippen molar-refractivity contribution < 1.29 is 9.53 Å². The number of pyridine rings is 1. The number of ether oxygens (including phenoxy) is 1. The quantitative estimate of drug-likeness (QED) is 0.311. The number of esters is 1. The molecule has 3 rings (SSSR count). The first-order chi connectivity index (χ1) is 12.5. The molecule has 2 unspecified atom stereocenters. The maximum absolute atomic E-state index is 11.9. The highest BCUT2D eigenvalue weighted by atomic mass is 127. The highest BCUT2D eigenvalue weighted by Crippen LogP contribution is 2.24. The zero-order chi connectivity index (χ0) is 18.7. The van der Waals surface area contributed by atoms with Gasteiger partial charge >= 0.3 is 5.97 Å². The summed E-state index contributed by atoms with van der Waals surface area (Å²) in [6.07, 6.45) is 4.89. The van der Waals surface area contributed by atoms with Crippen LogP contribution in [0.4, 0.5) is 0 Å². The number of methoxy groups -OCH3 is 1. The number of halogens is 1. The van der Waals surface area contributed by atoms with Gasteiger partial charge in [0.1, 0.15) is 5.65 Å². The Morgan fingerprint density at radius 3 is 2.89 bits per heavy atom. The van der Waals surface area contributed by atoms with E-state index in [9.17, 15) is 4.79 Å². The van der Waals surface area contributed by atoms with Crippen LogP contribution in [0, 0.1) is 18.8 Å². The lowest BCUT2D eigenvalue weighted by molar-refractivity contribution is -0.145. The number of likely N-dealkylation sites (tertiary alicyclic amines) is 1. The molecule has 148 valence electrons. The lowest BCUT2D eigenvalue weighted by Crippen LogP contribution is -2.41. The normalized spacial score (nSPS) is 19.9. The number of nitrogens with zero attached hydrogens (tertiary/aromatic N) is 4. The molecule has 1 aliphatic rings. The van der Waals surface area contributed by atoms with E-state index < -0.39 is 0 Å². The molecule has 3 heterocycles. The van der Waals surface area contributed by atoms with Crippen LogP contribution < -0.4 is 5.32 Å². The number of rotatable bonds is 4. The van der Waals surface area contributed by atoms with Crippen molar-refractivity contribution in [1.29, 1.82) is 0 Å². The van der Waals surface area contributed by atoms with Gasteiger partial charge in [0.05, 0.1) is 18.7 Å². The average Bonchev–Trinajstić information content (AvgIpc) is 3.22. The number of aliphatic imine (C=N–C) groups is 1. The third-order valence-electron chi connectivity index (χ3n) is 5.02. The number of hydrogen-bond acceptors (Lipinski definition) is 4. The average molecular weight is 485 g/mol. The van der Waals surface area contributed by atoms with Gasteiger partial charge in [0.25, 0.3) is 0 Å². The molecule has 7 nitrogen and oxygen atoms in total. The summed E-state index contributed by atoms with van der Waals surface area (Å²) in [6.45, 7) is 6.32. The van der Waals surface area contributed by atoms with Crippen LogP contribution in [0.5, 0.6) is 0 Å². The van der Waals surface area contributed by atoms with Crippen LogP contribution in [-0.4, -0.2) is 60.0 Å². The standard InChI is InChI=1S/C19H27N5O2.HI/c1-13-6-5-9-23-11-15(22-17(13)23)7-8-21-19(20-3)24-10-14(2)16(12-24)18(25)26-4;/h5-6,9,11,14,16H,7-8,10,12H2,1-4H3,(H,20,21);1H. The third-order valence-corrected chi connectivity index (χ3v) is 5.02. The number of fused-ring (bicyclic) bond motifs is 1. The minimum atomic E-state index is -0.143. The van der Waals surface area contributed by atoms with Crippen molar-refractivity contribution in [3.63, 3.8) is 0 Å². The SMILES string of the molecule is CN=C(NCCc1cn2cccc(C)c2n1)N1CC(C)C(C(=O)OC)C1.I. The molecule has 1 N–H and O–H groups in total. The van der Waals surface area contributed by atoms with Crippen LogP contribution in [-0.2, 0) is 16.0 Å². The van der Waals surface area contributed by atoms with Gasteiger partial charge in [-0.3, -0.25) is 9.79 Å². The monoisotopic (exact) mass is 485 g/mol. The Morgan fingerprint density at radius 2 is 2.22 bits per heavy atom. The first-order valence-corrected chi connectivity index (χ1v) is 9.00. The molecule has 0 bridgehead atoms. The summed E-state index contributed by atoms with van der Waals surface area (Å²) in [5, 5.41) is 3.39. The largest absolute Gasteiger partial charge is 0.469 e. The zero-order valence-corrected chi connectivity index (χ0v) is 18.6. The van der Waals surface area contributed by atoms with Crippen LogP contribution in [0.2, 0.25) is 0 Å². The third kappa shape index (κ3) is 4.72. The summed E-state index contributed by atoms with van der Waals surface area (Å²) in [4.78, 5) is 23.1. The second kappa shape index (κ2) is 9.38. The first-order valence-electron chi connectivity index (χ1n) is 9.00. The Labute approximate surface area is 177 Å². The van der Waals surface area contributed by atoms with Gasteiger partial charge in [-0.15, -0.1) is 24.0 Å². The van der Waals surface area contributed by atoms with Crippen LogP contribution in [0.3, 0.4) is 0 Å². The molecule has 0 spiro atoms. The van der Waals surface area contributed by atoms with Crippen molar-refractivity contribution in [2.75, 3.05) is 33.8 Å². The lowest BCUT2D eigenvalue weighted by Gasteiger charge is -2.21. The van der Waals surface area contributed by atoms with E-state index >= 15 is 0 Å². The van der Waals surface area contributed by atoms with E-state index in [-0.39, 0.29) is 41.8 Å². The Hall–Kier alpha value is -1.84. The van der Waals surface area contributed by atoms with Crippen LogP contribution in [0.1, 0.15) is 18.2 Å². The molecular formula is C19H28IN5O2. The summed E-state index contributed by atoms with van der Waals surface area (Å²) in [7, 11) is 3.22. The molecular weight excluding hydrogens is 457 g/mol. The van der Waals surface area contributed by atoms with Crippen LogP contribution >= 0.6 is 24.0 Å². The minimum Gasteiger partial charge on any atom is -0.469 e. The lowest BCUT2D eigenvalue weighted by atomic mass is 9.99. The minimum absolute atomic E-state index is 0. The fraction of sp³-hybridized carbons (Fsp3) is 0.526. The van der Waals surface area contributed by atoms with Crippen molar-refractivity contribution in [2.24, 2.45) is 16.8 Å². The van der Waals surface area contributed by atoms with E-state index in [0.717, 1.165) is 36.8 Å². The number of guanidine groups is 1. The maximum Gasteiger partial charge on any atom is 0.310 e. The molecule has 2 aromatic rings. The molecule has 0 aliphatic carbocycles. The van der Waals surface area contributed by atoms with Crippen molar-refractivity contribution in [3.8, 4) is 0 Å². The van der Waals surface area contributed by atoms with Crippen molar-refractivity contribution in [2.45, 2.75) is 20.3 Å². The first kappa shape index (κ1) is 21.5. The number of imidazole rings is 1. The van der Waals surface area contributed by atoms with Gasteiger partial charge in [0.2, 0.25) is 0 Å². The van der Waals surface area contributed by atoms with Gasteiger partial charge in [-0.1, -0.05) is 13.0 Å². The summed E-state index contributed by atoms with van der Waals surface area (Å²) in [5.74, 6) is 0.834. The topological polar surface area (TPSA) is 71.2 Å². The molecule has 0 amide bonds. The van der Waals surface area contributed by atoms with Gasteiger partial charge in [-0.05, 0) is 24.5 Å². The Balaban J connectivity index is 0.00000261. The highest BCUT2D eigenvalue weighted by Gasteiger charge is 2.36. The van der Waals surface area contributed by atoms with E-state index in [2.05, 4.69) is 45.7 Å². The van der Waals surface area contributed by atoms with Crippen LogP contribution in [0.25, 0.3) is 5.65 Å². The Bertz CT molecular complexity index is 820. The number of hydrogen-bond donors (Lipinski definition) is 1. The number of carbonyl (C=O) groups is 1. The van der Waals surface area contributed by atoms with E-state index in [1.807, 2.05) is 12.3 Å². The van der Waals surface area contributed by atoms with Gasteiger partial charge in [-0.25, -0.2) is 4.98 Å². The maximum atomic E-state index is 11.9. The van der Waals surface area contributed by atoms with Crippen LogP contribution in [0.15, 0.2) is 29.5 Å². The molecule has 2 atom stereocenters. The van der Waals surface area contributed by atoms with Gasteiger partial charge in [0, 0.05) is 45.5 Å². The van der Waals surface area contributed by atoms with E-state index in [4.69, 9.17) is 9.72 Å². The molecule has 2 aromatic heterocycles. The second-order valence-corrected chi connectivity index (χ2v) is 6.89. The fourth-order valence-electron chi connectivity index (χ4n) is 3.56. The molecule has 1 fully saturated rings. The predicted molar refractivity (Wildman–Crippen MR) is 117 cm³/mol. The Kier molecular flexibility index (Phi) is 7.46. The molecule has 1 saturated heterocycles. The number of aromatic nitrogens is 2. The second-order valence-electron chi connectivity index (χ2n) is 6.89. The molecule has 27 heavy (non-hydrogen) atoms. The van der Waals surface area contributed by atoms with Crippen molar-refractivity contribution in [1.82, 2.24) is 19.6 Å². The summed E-state index contributed by atoms with van der Waals surface area (Å²) < 4.78 is 6.97. The predicted octanol–water partition coefficient (Wildman–Crippen LogP) is 2.12. The number of nitrogens with one attached hydrogen (secondary N) is 1. The molecule has 1 aliphatic heterocycles. The van der Waals surface area contributed by atoms with Gasteiger partial charge in [0.15, 0.2) is 5.96 Å². The molecule has 0 aromatic carbocycles. The molecule has 0 saturated carbocycles.